The van der Waals surface area contributed by atoms with E-state index in [1.165, 1.54) is 38.5 Å². The van der Waals surface area contributed by atoms with Gasteiger partial charge in [0.15, 0.2) is 24.8 Å². The Bertz CT molecular complexity index is 1680. The third kappa shape index (κ3) is 28.1. The minimum absolute atomic E-state index is 0.0220. The molecule has 0 aromatic heterocycles. The molecule has 2 heterocycles. The lowest BCUT2D eigenvalue weighted by atomic mass is 9.98. The molecule has 28 heteroatoms. The average Bonchev–Trinajstić information content (AvgIpc) is 1.67. The number of ether oxygens (including phenoxy) is 4. The second-order valence-corrected chi connectivity index (χ2v) is 22.9. The first-order chi connectivity index (χ1) is 41.1. The quantitative estimate of drug-likeness (QED) is 0.0267. The van der Waals surface area contributed by atoms with Crippen LogP contribution in [0.3, 0.4) is 0 Å². The standard InChI is InChI=1S/C58H110N4O24/c1-3-5-7-9-11-13-15-17-19-23-29-61(31-27-59-55(81)49(77)47(75)53(37(67)33-63)85-57-51(79)45(73)43(71)39(35-65)83-57)41(69)25-21-22-26-42(70)62(30-24-20-18-16-14-12-10-8-6-4-2)32-28-60-56(82)50(78)48(76)54(38(68)34-64)86-58-52(80)46(74)44(72)40(36-66)84-58/h37-40,43-54,57-58,63-68,71-80H,3-36H2,1-2H3,(H,59,81)(H,60,82)/t37-,38-,39-,40-,43+,44+,45+,46+,47-,48-,49-,50-,51-,52-,53-,54-,57+,58+/m1/s1. The largest absolute Gasteiger partial charge is 0.394 e. The van der Waals surface area contributed by atoms with Gasteiger partial charge in [-0.15, -0.1) is 0 Å². The predicted molar refractivity (Wildman–Crippen MR) is 309 cm³/mol. The first kappa shape index (κ1) is 79.2. The van der Waals surface area contributed by atoms with E-state index >= 15 is 0 Å². The summed E-state index contributed by atoms with van der Waals surface area (Å²) in [5.74, 6) is -2.87. The van der Waals surface area contributed by atoms with E-state index in [0.29, 0.717) is 38.8 Å². The highest BCUT2D eigenvalue weighted by Gasteiger charge is 2.49. The zero-order chi connectivity index (χ0) is 64.1. The predicted octanol–water partition coefficient (Wildman–Crippen LogP) is -3.20. The number of hydrogen-bond acceptors (Lipinski definition) is 24. The molecule has 506 valence electrons. The van der Waals surface area contributed by atoms with Gasteiger partial charge in [0, 0.05) is 52.1 Å². The zero-order valence-electron chi connectivity index (χ0n) is 50.7. The Morgan fingerprint density at radius 2 is 0.721 bits per heavy atom. The van der Waals surface area contributed by atoms with E-state index in [0.717, 1.165) is 77.0 Å². The molecule has 2 saturated heterocycles. The maximum Gasteiger partial charge on any atom is 0.251 e. The minimum Gasteiger partial charge on any atom is -0.394 e. The molecule has 86 heavy (non-hydrogen) atoms. The molecule has 0 aromatic rings. The van der Waals surface area contributed by atoms with Gasteiger partial charge in [0.1, 0.15) is 85.5 Å². The van der Waals surface area contributed by atoms with Crippen molar-refractivity contribution >= 4 is 23.6 Å². The molecule has 0 aromatic carbocycles. The van der Waals surface area contributed by atoms with E-state index in [1.807, 2.05) is 0 Å². The number of unbranched alkanes of at least 4 members (excludes halogenated alkanes) is 19. The van der Waals surface area contributed by atoms with Crippen molar-refractivity contribution in [1.29, 1.82) is 0 Å². The van der Waals surface area contributed by atoms with Crippen LogP contribution in [0.25, 0.3) is 0 Å². The summed E-state index contributed by atoms with van der Waals surface area (Å²) >= 11 is 0. The number of amides is 4. The number of nitrogens with zero attached hydrogens (tertiary/aromatic N) is 2. The van der Waals surface area contributed by atoms with Crippen LogP contribution in [0.5, 0.6) is 0 Å². The van der Waals surface area contributed by atoms with Crippen molar-refractivity contribution in [2.45, 2.75) is 278 Å². The lowest BCUT2D eigenvalue weighted by Crippen LogP contribution is -2.62. The van der Waals surface area contributed by atoms with Gasteiger partial charge in [0.2, 0.25) is 11.8 Å². The Balaban J connectivity index is 2.12. The summed E-state index contributed by atoms with van der Waals surface area (Å²) in [4.78, 5) is 57.2. The fraction of sp³-hybridized carbons (Fsp3) is 0.931. The van der Waals surface area contributed by atoms with Crippen molar-refractivity contribution in [3.63, 3.8) is 0 Å². The van der Waals surface area contributed by atoms with Crippen molar-refractivity contribution < 1.29 is 120 Å². The third-order valence-electron chi connectivity index (χ3n) is 15.9. The fourth-order valence-electron chi connectivity index (χ4n) is 10.4. The molecule has 0 aliphatic carbocycles. The number of aliphatic hydroxyl groups excluding tert-OH is 16. The number of carbonyl (C=O) groups is 4. The fourth-order valence-corrected chi connectivity index (χ4v) is 10.4. The van der Waals surface area contributed by atoms with Crippen LogP contribution >= 0.6 is 0 Å². The minimum atomic E-state index is -2.31. The van der Waals surface area contributed by atoms with Crippen molar-refractivity contribution in [2.24, 2.45) is 0 Å². The molecule has 28 nitrogen and oxygen atoms in total. The molecule has 0 unspecified atom stereocenters. The van der Waals surface area contributed by atoms with Gasteiger partial charge in [-0.05, 0) is 25.7 Å². The van der Waals surface area contributed by atoms with Gasteiger partial charge in [0.25, 0.3) is 11.8 Å². The van der Waals surface area contributed by atoms with Gasteiger partial charge < -0.3 is 121 Å². The second kappa shape index (κ2) is 45.3. The molecular weight excluding hydrogens is 1140 g/mol. The molecule has 0 saturated carbocycles. The maximum atomic E-state index is 13.8. The summed E-state index contributed by atoms with van der Waals surface area (Å²) in [5.41, 5.74) is 0. The van der Waals surface area contributed by atoms with Crippen LogP contribution in [-0.2, 0) is 38.1 Å². The Labute approximate surface area is 506 Å². The Morgan fingerprint density at radius 1 is 0.419 bits per heavy atom. The van der Waals surface area contributed by atoms with E-state index in [2.05, 4.69) is 24.5 Å². The first-order valence-electron chi connectivity index (χ1n) is 31.5. The molecule has 0 radical (unpaired) electrons. The second-order valence-electron chi connectivity index (χ2n) is 22.9. The molecular formula is C58H110N4O24. The molecule has 2 fully saturated rings. The summed E-state index contributed by atoms with van der Waals surface area (Å²) in [6, 6.07) is 0. The van der Waals surface area contributed by atoms with Crippen molar-refractivity contribution in [1.82, 2.24) is 20.4 Å². The number of aliphatic hydroxyl groups is 16. The van der Waals surface area contributed by atoms with Gasteiger partial charge in [0.05, 0.1) is 26.4 Å². The van der Waals surface area contributed by atoms with Gasteiger partial charge in [-0.3, -0.25) is 19.2 Å². The summed E-state index contributed by atoms with van der Waals surface area (Å²) in [5, 5.41) is 170. The monoisotopic (exact) mass is 1250 g/mol. The molecule has 2 rings (SSSR count). The van der Waals surface area contributed by atoms with Crippen LogP contribution in [0.2, 0.25) is 0 Å². The van der Waals surface area contributed by atoms with E-state index in [4.69, 9.17) is 18.9 Å². The lowest BCUT2D eigenvalue weighted by molar-refractivity contribution is -0.326. The molecule has 4 amide bonds. The topological polar surface area (TPSA) is 459 Å². The Morgan fingerprint density at radius 3 is 1.01 bits per heavy atom. The average molecular weight is 1250 g/mol. The Hall–Kier alpha value is -2.92. The van der Waals surface area contributed by atoms with Gasteiger partial charge in [-0.25, -0.2) is 0 Å². The van der Waals surface area contributed by atoms with Gasteiger partial charge in [-0.1, -0.05) is 129 Å². The number of carbonyl (C=O) groups excluding carboxylic acids is 4. The maximum absolute atomic E-state index is 13.8. The van der Waals surface area contributed by atoms with Crippen molar-refractivity contribution in [2.75, 3.05) is 65.7 Å². The lowest BCUT2D eigenvalue weighted by Gasteiger charge is -2.42. The smallest absolute Gasteiger partial charge is 0.251 e. The molecule has 2 aliphatic heterocycles. The van der Waals surface area contributed by atoms with Gasteiger partial charge in [-0.2, -0.15) is 0 Å². The summed E-state index contributed by atoms with van der Waals surface area (Å²) in [6.45, 7) is 0.753. The third-order valence-corrected chi connectivity index (χ3v) is 15.9. The van der Waals surface area contributed by atoms with E-state index in [-0.39, 0.29) is 50.8 Å². The highest BCUT2D eigenvalue weighted by atomic mass is 16.7. The van der Waals surface area contributed by atoms with Crippen molar-refractivity contribution in [3.8, 4) is 0 Å². The van der Waals surface area contributed by atoms with Crippen molar-refractivity contribution in [3.05, 3.63) is 0 Å². The van der Waals surface area contributed by atoms with Gasteiger partial charge >= 0.3 is 0 Å². The van der Waals surface area contributed by atoms with Crippen LogP contribution in [-0.4, -0.2) is 291 Å². The van der Waals surface area contributed by atoms with E-state index < -0.39 is 148 Å². The number of rotatable bonds is 49. The highest BCUT2D eigenvalue weighted by molar-refractivity contribution is 5.82. The summed E-state index contributed by atoms with van der Waals surface area (Å²) in [7, 11) is 0. The van der Waals surface area contributed by atoms with Crippen LogP contribution < -0.4 is 10.6 Å². The normalized spacial score (nSPS) is 25.3. The highest BCUT2D eigenvalue weighted by Crippen LogP contribution is 2.27. The SMILES string of the molecule is CCCCCCCCCCCCN(CCNC(=O)[C@H](O)[C@@H](O)[C@H](O[C@@H]1O[C@H](CO)[C@H](O)[C@H](O)[C@H]1O)[C@H](O)CO)C(=O)CCCCC(=O)N(CCCCCCCCCCCC)CCNC(=O)[C@H](O)[C@@H](O)[C@H](O[C@@H]1O[C@H](CO)[C@H](O)[C@H](O)[C@H]1O)[C@H](O)CO. The molecule has 18 atom stereocenters. The molecule has 2 aliphatic rings. The molecule has 18 N–H and O–H groups in total. The molecule has 0 spiro atoms. The van der Waals surface area contributed by atoms with E-state index in [1.54, 1.807) is 9.80 Å². The van der Waals surface area contributed by atoms with Crippen LogP contribution in [0, 0.1) is 0 Å². The number of nitrogens with one attached hydrogen (secondary N) is 2. The number of hydrogen-bond donors (Lipinski definition) is 18. The van der Waals surface area contributed by atoms with E-state index in [9.17, 15) is 101 Å². The van der Waals surface area contributed by atoms with Crippen LogP contribution in [0.15, 0.2) is 0 Å². The Kier molecular flexibility index (Phi) is 41.8. The molecule has 0 bridgehead atoms. The summed E-state index contributed by atoms with van der Waals surface area (Å²) < 4.78 is 21.4. The van der Waals surface area contributed by atoms with Crippen LogP contribution in [0.4, 0.5) is 0 Å². The van der Waals surface area contributed by atoms with Crippen LogP contribution in [0.1, 0.15) is 168 Å². The summed E-state index contributed by atoms with van der Waals surface area (Å²) in [6.07, 6.45) is -13.6. The zero-order valence-corrected chi connectivity index (χ0v) is 50.7. The first-order valence-corrected chi connectivity index (χ1v) is 31.5.